The summed E-state index contributed by atoms with van der Waals surface area (Å²) in [5, 5.41) is 2.89. The van der Waals surface area contributed by atoms with Gasteiger partial charge in [0, 0.05) is 16.8 Å². The van der Waals surface area contributed by atoms with Gasteiger partial charge in [-0.1, -0.05) is 19.9 Å². The third-order valence-corrected chi connectivity index (χ3v) is 4.20. The van der Waals surface area contributed by atoms with E-state index in [2.05, 4.69) is 25.2 Å². The Hall–Kier alpha value is -2.75. The van der Waals surface area contributed by atoms with E-state index in [9.17, 15) is 4.79 Å². The fourth-order valence-corrected chi connectivity index (χ4v) is 2.90. The van der Waals surface area contributed by atoms with Gasteiger partial charge in [0.25, 0.3) is 5.91 Å². The number of ether oxygens (including phenoxy) is 2. The minimum absolute atomic E-state index is 0.0971. The maximum Gasteiger partial charge on any atom is 0.256 e. The Kier molecular flexibility index (Phi) is 4.30. The summed E-state index contributed by atoms with van der Waals surface area (Å²) < 4.78 is 10.7. The van der Waals surface area contributed by atoms with E-state index in [0.29, 0.717) is 11.5 Å². The van der Waals surface area contributed by atoms with Crippen molar-refractivity contribution in [2.75, 3.05) is 19.5 Å². The first-order valence-electron chi connectivity index (χ1n) is 7.93. The summed E-state index contributed by atoms with van der Waals surface area (Å²) in [6.45, 7) is 4.24. The Morgan fingerprint density at radius 3 is 2.50 bits per heavy atom. The number of nitrogens with one attached hydrogen (secondary N) is 1. The molecule has 0 aromatic heterocycles. The van der Waals surface area contributed by atoms with Crippen LogP contribution in [-0.2, 0) is 4.79 Å². The second kappa shape index (κ2) is 6.40. The van der Waals surface area contributed by atoms with Gasteiger partial charge < -0.3 is 14.8 Å². The summed E-state index contributed by atoms with van der Waals surface area (Å²) in [5.41, 5.74) is 4.41. The van der Waals surface area contributed by atoms with E-state index < -0.39 is 0 Å². The van der Waals surface area contributed by atoms with Crippen LogP contribution in [0.1, 0.15) is 36.5 Å². The van der Waals surface area contributed by atoms with Gasteiger partial charge in [-0.15, -0.1) is 0 Å². The molecule has 1 N–H and O–H groups in total. The summed E-state index contributed by atoms with van der Waals surface area (Å²) in [7, 11) is 3.29. The number of rotatable bonds is 4. The number of fused-ring (bicyclic) bond motifs is 1. The van der Waals surface area contributed by atoms with Gasteiger partial charge in [0.15, 0.2) is 0 Å². The highest BCUT2D eigenvalue weighted by Gasteiger charge is 2.24. The molecule has 0 aliphatic carbocycles. The van der Waals surface area contributed by atoms with Crippen LogP contribution in [-0.4, -0.2) is 20.1 Å². The number of hydrogen-bond acceptors (Lipinski definition) is 3. The van der Waals surface area contributed by atoms with Gasteiger partial charge in [0.05, 0.1) is 14.2 Å². The summed E-state index contributed by atoms with van der Waals surface area (Å²) in [5.74, 6) is 1.84. The maximum atomic E-state index is 12.3. The molecule has 4 heteroatoms. The zero-order valence-corrected chi connectivity index (χ0v) is 14.3. The Balaban J connectivity index is 2.07. The molecular formula is C20H21NO3. The van der Waals surface area contributed by atoms with Gasteiger partial charge in [-0.3, -0.25) is 4.79 Å². The van der Waals surface area contributed by atoms with E-state index >= 15 is 0 Å². The van der Waals surface area contributed by atoms with E-state index in [0.717, 1.165) is 33.9 Å². The number of amides is 1. The monoisotopic (exact) mass is 323 g/mol. The van der Waals surface area contributed by atoms with Crippen LogP contribution in [0.15, 0.2) is 36.4 Å². The first-order chi connectivity index (χ1) is 11.5. The number of hydrogen-bond donors (Lipinski definition) is 1. The van der Waals surface area contributed by atoms with Crippen molar-refractivity contribution in [1.82, 2.24) is 0 Å². The topological polar surface area (TPSA) is 47.6 Å². The number of carbonyl (C=O) groups is 1. The second-order valence-corrected chi connectivity index (χ2v) is 6.08. The predicted molar refractivity (Wildman–Crippen MR) is 96.6 cm³/mol. The normalized spacial score (nSPS) is 14.7. The summed E-state index contributed by atoms with van der Waals surface area (Å²) in [4.78, 5) is 12.3. The quantitative estimate of drug-likeness (QED) is 0.852. The van der Waals surface area contributed by atoms with Crippen LogP contribution in [0.2, 0.25) is 0 Å². The lowest BCUT2D eigenvalue weighted by atomic mass is 9.97. The van der Waals surface area contributed by atoms with Gasteiger partial charge in [-0.2, -0.15) is 0 Å². The highest BCUT2D eigenvalue weighted by atomic mass is 16.5. The Morgan fingerprint density at radius 1 is 1.04 bits per heavy atom. The first kappa shape index (κ1) is 16.1. The molecule has 1 aliphatic heterocycles. The van der Waals surface area contributed by atoms with Crippen molar-refractivity contribution >= 4 is 23.2 Å². The fourth-order valence-electron chi connectivity index (χ4n) is 2.90. The van der Waals surface area contributed by atoms with Gasteiger partial charge in [-0.25, -0.2) is 0 Å². The molecule has 0 radical (unpaired) electrons. The second-order valence-electron chi connectivity index (χ2n) is 6.08. The maximum absolute atomic E-state index is 12.3. The van der Waals surface area contributed by atoms with Gasteiger partial charge in [0.1, 0.15) is 11.5 Å². The molecule has 1 aliphatic rings. The smallest absolute Gasteiger partial charge is 0.256 e. The number of anilines is 1. The van der Waals surface area contributed by atoms with Crippen molar-refractivity contribution in [3.8, 4) is 11.5 Å². The number of benzene rings is 2. The highest BCUT2D eigenvalue weighted by Crippen LogP contribution is 2.36. The van der Waals surface area contributed by atoms with Crippen molar-refractivity contribution in [1.29, 1.82) is 0 Å². The standard InChI is InChI=1S/C20H21NO3/c1-12(2)15-9-13(5-8-19(15)24-4)10-17-16-11-14(23-3)6-7-18(16)21-20(17)22/h5-12H,1-4H3,(H,21,22)/b17-10+. The van der Waals surface area contributed by atoms with Crippen molar-refractivity contribution in [3.05, 3.63) is 53.1 Å². The predicted octanol–water partition coefficient (Wildman–Crippen LogP) is 4.32. The minimum atomic E-state index is -0.0971. The van der Waals surface area contributed by atoms with E-state index in [1.807, 2.05) is 36.4 Å². The molecule has 0 unspecified atom stereocenters. The van der Waals surface area contributed by atoms with Gasteiger partial charge in [0.2, 0.25) is 0 Å². The van der Waals surface area contributed by atoms with Crippen molar-refractivity contribution in [3.63, 3.8) is 0 Å². The molecule has 124 valence electrons. The van der Waals surface area contributed by atoms with E-state index in [1.165, 1.54) is 0 Å². The van der Waals surface area contributed by atoms with Gasteiger partial charge >= 0.3 is 0 Å². The van der Waals surface area contributed by atoms with Crippen molar-refractivity contribution < 1.29 is 14.3 Å². The summed E-state index contributed by atoms with van der Waals surface area (Å²) in [6.07, 6.45) is 1.91. The number of carbonyl (C=O) groups excluding carboxylic acids is 1. The average molecular weight is 323 g/mol. The molecule has 0 saturated carbocycles. The highest BCUT2D eigenvalue weighted by molar-refractivity contribution is 6.35. The molecule has 2 aromatic carbocycles. The molecule has 24 heavy (non-hydrogen) atoms. The molecule has 1 heterocycles. The van der Waals surface area contributed by atoms with Crippen LogP contribution in [0.3, 0.4) is 0 Å². The summed E-state index contributed by atoms with van der Waals surface area (Å²) in [6, 6.07) is 11.6. The molecule has 1 amide bonds. The van der Waals surface area contributed by atoms with Crippen molar-refractivity contribution in [2.24, 2.45) is 0 Å². The van der Waals surface area contributed by atoms with Crippen LogP contribution < -0.4 is 14.8 Å². The fraction of sp³-hybridized carbons (Fsp3) is 0.250. The van der Waals surface area contributed by atoms with Crippen LogP contribution >= 0.6 is 0 Å². The molecular weight excluding hydrogens is 302 g/mol. The van der Waals surface area contributed by atoms with Crippen molar-refractivity contribution in [2.45, 2.75) is 19.8 Å². The van der Waals surface area contributed by atoms with Crippen LogP contribution in [0.25, 0.3) is 11.6 Å². The Bertz CT molecular complexity index is 822. The third kappa shape index (κ3) is 2.87. The molecule has 0 bridgehead atoms. The first-order valence-corrected chi connectivity index (χ1v) is 7.93. The zero-order chi connectivity index (χ0) is 17.3. The lowest BCUT2D eigenvalue weighted by Crippen LogP contribution is -2.03. The van der Waals surface area contributed by atoms with Crippen LogP contribution in [0.5, 0.6) is 11.5 Å². The molecule has 0 atom stereocenters. The molecule has 0 fully saturated rings. The average Bonchev–Trinajstić information content (AvgIpc) is 2.89. The lowest BCUT2D eigenvalue weighted by Gasteiger charge is -2.12. The Labute approximate surface area is 142 Å². The number of methoxy groups -OCH3 is 2. The summed E-state index contributed by atoms with van der Waals surface area (Å²) >= 11 is 0. The van der Waals surface area contributed by atoms with E-state index in [1.54, 1.807) is 14.2 Å². The van der Waals surface area contributed by atoms with E-state index in [4.69, 9.17) is 9.47 Å². The van der Waals surface area contributed by atoms with Crippen LogP contribution in [0, 0.1) is 0 Å². The third-order valence-electron chi connectivity index (χ3n) is 4.20. The molecule has 4 nitrogen and oxygen atoms in total. The molecule has 0 saturated heterocycles. The zero-order valence-electron chi connectivity index (χ0n) is 14.3. The Morgan fingerprint density at radius 2 is 1.83 bits per heavy atom. The van der Waals surface area contributed by atoms with Crippen LogP contribution in [0.4, 0.5) is 5.69 Å². The molecule has 0 spiro atoms. The van der Waals surface area contributed by atoms with Gasteiger partial charge in [-0.05, 0) is 53.5 Å². The SMILES string of the molecule is COc1ccc2c(c1)/C(=C\c1ccc(OC)c(C(C)C)c1)C(=O)N2. The van der Waals surface area contributed by atoms with E-state index in [-0.39, 0.29) is 5.91 Å². The largest absolute Gasteiger partial charge is 0.497 e. The minimum Gasteiger partial charge on any atom is -0.497 e. The molecule has 2 aromatic rings. The lowest BCUT2D eigenvalue weighted by molar-refractivity contribution is -0.110. The molecule has 3 rings (SSSR count).